The van der Waals surface area contributed by atoms with Crippen LogP contribution in [0.1, 0.15) is 41.4 Å². The van der Waals surface area contributed by atoms with Crippen LogP contribution in [0.25, 0.3) is 0 Å². The predicted octanol–water partition coefficient (Wildman–Crippen LogP) is 4.61. The van der Waals surface area contributed by atoms with Gasteiger partial charge in [0.1, 0.15) is 30.3 Å². The Bertz CT molecular complexity index is 1630. The fourth-order valence-corrected chi connectivity index (χ4v) is 6.44. The second-order valence-corrected chi connectivity index (χ2v) is 11.4. The van der Waals surface area contributed by atoms with Gasteiger partial charge in [-0.15, -0.1) is 0 Å². The molecule has 0 saturated carbocycles. The SMILES string of the molecule is O=C(OC[C@H]1O[C@@H](Sc2ccccc2)[C@H](N2C(=O)c3ccccc3C2=O)[C@@H](OC(=O)c2ccccc2)[C@@H]1O)c1ccccc1. The van der Waals surface area contributed by atoms with Gasteiger partial charge in [-0.25, -0.2) is 9.59 Å². The van der Waals surface area contributed by atoms with E-state index >= 15 is 0 Å². The first-order valence-corrected chi connectivity index (χ1v) is 14.8. The fraction of sp³-hybridized carbons (Fsp3) is 0.176. The number of carbonyl (C=O) groups is 4. The molecule has 4 aromatic carbocycles. The Morgan fingerprint density at radius 2 is 1.23 bits per heavy atom. The van der Waals surface area contributed by atoms with E-state index in [1.807, 2.05) is 30.3 Å². The molecule has 5 atom stereocenters. The first-order valence-electron chi connectivity index (χ1n) is 13.9. The summed E-state index contributed by atoms with van der Waals surface area (Å²) in [6, 6.07) is 30.8. The highest BCUT2D eigenvalue weighted by Gasteiger charge is 2.55. The van der Waals surface area contributed by atoms with Gasteiger partial charge in [0.2, 0.25) is 0 Å². The van der Waals surface area contributed by atoms with Crippen LogP contribution in [0, 0.1) is 0 Å². The Kier molecular flexibility index (Phi) is 8.56. The number of thioether (sulfide) groups is 1. The maximum atomic E-state index is 13.7. The molecule has 0 aromatic heterocycles. The number of esters is 2. The third-order valence-corrected chi connectivity index (χ3v) is 8.57. The van der Waals surface area contributed by atoms with Crippen molar-refractivity contribution in [3.8, 4) is 0 Å². The minimum Gasteiger partial charge on any atom is -0.459 e. The van der Waals surface area contributed by atoms with Crippen LogP contribution in [0.4, 0.5) is 0 Å². The predicted molar refractivity (Wildman–Crippen MR) is 160 cm³/mol. The molecule has 0 unspecified atom stereocenters. The summed E-state index contributed by atoms with van der Waals surface area (Å²) in [6.45, 7) is -0.380. The van der Waals surface area contributed by atoms with E-state index in [1.165, 1.54) is 11.8 Å². The van der Waals surface area contributed by atoms with Gasteiger partial charge in [0.05, 0.1) is 22.3 Å². The van der Waals surface area contributed by atoms with Gasteiger partial charge >= 0.3 is 11.9 Å². The van der Waals surface area contributed by atoms with Crippen LogP contribution in [0.2, 0.25) is 0 Å². The lowest BCUT2D eigenvalue weighted by Crippen LogP contribution is -2.65. The Morgan fingerprint density at radius 1 is 0.727 bits per heavy atom. The number of imide groups is 1. The molecule has 1 saturated heterocycles. The molecule has 4 aromatic rings. The van der Waals surface area contributed by atoms with Crippen molar-refractivity contribution in [2.24, 2.45) is 0 Å². The Morgan fingerprint density at radius 3 is 1.80 bits per heavy atom. The number of fused-ring (bicyclic) bond motifs is 1. The molecule has 1 N–H and O–H groups in total. The molecule has 0 radical (unpaired) electrons. The quantitative estimate of drug-likeness (QED) is 0.226. The molecule has 1 fully saturated rings. The molecule has 6 rings (SSSR count). The number of rotatable bonds is 8. The average molecular weight is 610 g/mol. The van der Waals surface area contributed by atoms with Crippen LogP contribution < -0.4 is 0 Å². The number of hydrogen-bond acceptors (Lipinski definition) is 9. The van der Waals surface area contributed by atoms with E-state index in [2.05, 4.69) is 0 Å². The summed E-state index contributed by atoms with van der Waals surface area (Å²) < 4.78 is 17.8. The van der Waals surface area contributed by atoms with Crippen LogP contribution in [0.3, 0.4) is 0 Å². The van der Waals surface area contributed by atoms with Gasteiger partial charge in [0, 0.05) is 4.90 Å². The van der Waals surface area contributed by atoms with E-state index in [9.17, 15) is 24.3 Å². The lowest BCUT2D eigenvalue weighted by molar-refractivity contribution is -0.183. The standard InChI is InChI=1S/C34H27NO8S/c36-28-26(20-41-32(39)21-12-4-1-5-13-21)42-34(44-23-16-8-3-9-17-23)27(29(28)43-33(40)22-14-6-2-7-15-22)35-30(37)24-18-10-11-19-25(24)31(35)38/h1-19,26-29,34,36H,20H2/t26-,27-,28-,29-,34+/m1/s1. The number of benzene rings is 4. The summed E-state index contributed by atoms with van der Waals surface area (Å²) in [4.78, 5) is 55.3. The highest BCUT2D eigenvalue weighted by molar-refractivity contribution is 7.99. The van der Waals surface area contributed by atoms with Crippen LogP contribution in [-0.2, 0) is 14.2 Å². The van der Waals surface area contributed by atoms with E-state index in [0.29, 0.717) is 5.56 Å². The topological polar surface area (TPSA) is 119 Å². The average Bonchev–Trinajstić information content (AvgIpc) is 3.32. The summed E-state index contributed by atoms with van der Waals surface area (Å²) in [6.07, 6.45) is -4.17. The zero-order chi connectivity index (χ0) is 30.6. The zero-order valence-electron chi connectivity index (χ0n) is 23.2. The maximum Gasteiger partial charge on any atom is 0.338 e. The second-order valence-electron chi connectivity index (χ2n) is 10.2. The summed E-state index contributed by atoms with van der Waals surface area (Å²) in [5.41, 5.74) is -0.0994. The molecule has 0 aliphatic carbocycles. The van der Waals surface area contributed by atoms with Gasteiger partial charge < -0.3 is 19.3 Å². The number of nitrogens with zero attached hydrogens (tertiary/aromatic N) is 1. The highest BCUT2D eigenvalue weighted by atomic mass is 32.2. The van der Waals surface area contributed by atoms with Crippen molar-refractivity contribution in [2.75, 3.05) is 6.61 Å². The molecule has 0 bridgehead atoms. The van der Waals surface area contributed by atoms with Crippen molar-refractivity contribution in [3.63, 3.8) is 0 Å². The number of amides is 2. The van der Waals surface area contributed by atoms with Crippen LogP contribution in [0.5, 0.6) is 0 Å². The zero-order valence-corrected chi connectivity index (χ0v) is 24.0. The largest absolute Gasteiger partial charge is 0.459 e. The molecule has 222 valence electrons. The Hall–Kier alpha value is -4.77. The molecule has 0 spiro atoms. The lowest BCUT2D eigenvalue weighted by Gasteiger charge is -2.46. The van der Waals surface area contributed by atoms with Gasteiger partial charge in [-0.3, -0.25) is 14.5 Å². The molecule has 10 heteroatoms. The summed E-state index contributed by atoms with van der Waals surface area (Å²) in [5.74, 6) is -2.59. The number of ether oxygens (including phenoxy) is 3. The Labute approximate surface area is 257 Å². The van der Waals surface area contributed by atoms with Crippen LogP contribution in [-0.4, -0.2) is 70.2 Å². The number of carbonyl (C=O) groups excluding carboxylic acids is 4. The van der Waals surface area contributed by atoms with Crippen molar-refractivity contribution >= 4 is 35.5 Å². The van der Waals surface area contributed by atoms with Crippen molar-refractivity contribution in [2.45, 2.75) is 34.7 Å². The maximum absolute atomic E-state index is 13.7. The van der Waals surface area contributed by atoms with Crippen molar-refractivity contribution in [1.82, 2.24) is 4.90 Å². The molecule has 2 heterocycles. The molecule has 2 aliphatic rings. The highest BCUT2D eigenvalue weighted by Crippen LogP contribution is 2.40. The normalized spacial score (nSPS) is 22.8. The van der Waals surface area contributed by atoms with E-state index in [-0.39, 0.29) is 23.3 Å². The second kappa shape index (κ2) is 12.8. The lowest BCUT2D eigenvalue weighted by atomic mass is 9.96. The molecule has 2 aliphatic heterocycles. The van der Waals surface area contributed by atoms with E-state index in [0.717, 1.165) is 9.80 Å². The number of aliphatic hydroxyl groups is 1. The fourth-order valence-electron chi connectivity index (χ4n) is 5.24. The summed E-state index contributed by atoms with van der Waals surface area (Å²) in [7, 11) is 0. The van der Waals surface area contributed by atoms with Crippen LogP contribution >= 0.6 is 11.8 Å². The first-order chi connectivity index (χ1) is 21.4. The van der Waals surface area contributed by atoms with E-state index in [4.69, 9.17) is 14.2 Å². The van der Waals surface area contributed by atoms with Gasteiger partial charge in [0.25, 0.3) is 11.8 Å². The van der Waals surface area contributed by atoms with Crippen LogP contribution in [0.15, 0.2) is 120 Å². The van der Waals surface area contributed by atoms with Gasteiger partial charge in [-0.1, -0.05) is 78.5 Å². The van der Waals surface area contributed by atoms with E-state index in [1.54, 1.807) is 84.9 Å². The first kappa shape index (κ1) is 29.3. The van der Waals surface area contributed by atoms with Crippen molar-refractivity contribution in [1.29, 1.82) is 0 Å². The minimum absolute atomic E-state index is 0.197. The Balaban J connectivity index is 1.37. The summed E-state index contributed by atoms with van der Waals surface area (Å²) >= 11 is 1.19. The molecule has 9 nitrogen and oxygen atoms in total. The third-order valence-electron chi connectivity index (χ3n) is 7.40. The van der Waals surface area contributed by atoms with Crippen molar-refractivity contribution in [3.05, 3.63) is 138 Å². The van der Waals surface area contributed by atoms with E-state index < -0.39 is 53.5 Å². The molecule has 2 amide bonds. The molecule has 44 heavy (non-hydrogen) atoms. The third kappa shape index (κ3) is 5.87. The van der Waals surface area contributed by atoms with Gasteiger partial charge in [0.15, 0.2) is 6.10 Å². The molecular formula is C34H27NO8S. The van der Waals surface area contributed by atoms with Crippen molar-refractivity contribution < 1.29 is 38.5 Å². The molecular weight excluding hydrogens is 582 g/mol. The smallest absolute Gasteiger partial charge is 0.338 e. The summed E-state index contributed by atoms with van der Waals surface area (Å²) in [5, 5.41) is 11.7. The number of hydrogen-bond donors (Lipinski definition) is 1. The number of aliphatic hydroxyl groups excluding tert-OH is 1. The van der Waals surface area contributed by atoms with Gasteiger partial charge in [-0.2, -0.15) is 0 Å². The van der Waals surface area contributed by atoms with Gasteiger partial charge in [-0.05, 0) is 48.5 Å². The monoisotopic (exact) mass is 609 g/mol. The minimum atomic E-state index is -1.58.